The Morgan fingerprint density at radius 3 is 2.37 bits per heavy atom. The molecule has 0 saturated carbocycles. The molecule has 1 N–H and O–H groups in total. The molecule has 27 heavy (non-hydrogen) atoms. The highest BCUT2D eigenvalue weighted by Gasteiger charge is 2.17. The summed E-state index contributed by atoms with van der Waals surface area (Å²) in [7, 11) is 2.78. The molecule has 7 nitrogen and oxygen atoms in total. The summed E-state index contributed by atoms with van der Waals surface area (Å²) in [5, 5.41) is 2.73. The van der Waals surface area contributed by atoms with Crippen LogP contribution in [0.3, 0.4) is 0 Å². The van der Waals surface area contributed by atoms with Gasteiger partial charge in [0, 0.05) is 12.7 Å². The Bertz CT molecular complexity index is 817. The van der Waals surface area contributed by atoms with Gasteiger partial charge in [-0.3, -0.25) is 9.59 Å². The van der Waals surface area contributed by atoms with Gasteiger partial charge in [0.25, 0.3) is 5.91 Å². The van der Waals surface area contributed by atoms with Crippen molar-refractivity contribution >= 4 is 23.5 Å². The zero-order valence-corrected chi connectivity index (χ0v) is 15.5. The molecule has 0 bridgehead atoms. The van der Waals surface area contributed by atoms with Crippen molar-refractivity contribution in [2.24, 2.45) is 0 Å². The first-order chi connectivity index (χ1) is 12.9. The second-order valence-electron chi connectivity index (χ2n) is 5.94. The summed E-state index contributed by atoms with van der Waals surface area (Å²) in [6, 6.07) is 13.8. The topological polar surface area (TPSA) is 84.9 Å². The first-order valence-electron chi connectivity index (χ1n) is 8.31. The second-order valence-corrected chi connectivity index (χ2v) is 5.94. The van der Waals surface area contributed by atoms with Gasteiger partial charge in [-0.25, -0.2) is 4.79 Å². The van der Waals surface area contributed by atoms with E-state index in [1.54, 1.807) is 36.4 Å². The Balaban J connectivity index is 1.88. The molecule has 0 radical (unpaired) electrons. The number of rotatable bonds is 7. The van der Waals surface area contributed by atoms with Gasteiger partial charge in [-0.05, 0) is 31.2 Å². The lowest BCUT2D eigenvalue weighted by Crippen LogP contribution is -2.37. The summed E-state index contributed by atoms with van der Waals surface area (Å²) in [6.07, 6.45) is 0. The molecule has 2 rings (SSSR count). The monoisotopic (exact) mass is 370 g/mol. The third-order valence-electron chi connectivity index (χ3n) is 3.79. The normalized spacial score (nSPS) is 10.0. The standard InChI is InChI=1S/C20H22N2O5/c1-14-8-10-15(11-9-14)21-18(23)12-22(2)19(24)13-27-17-7-5-4-6-16(17)20(25)26-3/h4-11H,12-13H2,1-3H3,(H,21,23). The average Bonchev–Trinajstić information content (AvgIpc) is 2.67. The minimum atomic E-state index is -0.552. The number of amides is 2. The fraction of sp³-hybridized carbons (Fsp3) is 0.250. The highest BCUT2D eigenvalue weighted by atomic mass is 16.5. The lowest BCUT2D eigenvalue weighted by atomic mass is 10.2. The van der Waals surface area contributed by atoms with Gasteiger partial charge in [0.15, 0.2) is 6.61 Å². The van der Waals surface area contributed by atoms with E-state index in [1.165, 1.54) is 19.1 Å². The van der Waals surface area contributed by atoms with E-state index in [1.807, 2.05) is 19.1 Å². The van der Waals surface area contributed by atoms with Crippen molar-refractivity contribution in [1.29, 1.82) is 0 Å². The Hall–Kier alpha value is -3.35. The lowest BCUT2D eigenvalue weighted by Gasteiger charge is -2.17. The molecule has 0 aromatic heterocycles. The number of methoxy groups -OCH3 is 1. The number of nitrogens with zero attached hydrogens (tertiary/aromatic N) is 1. The third kappa shape index (κ3) is 5.85. The fourth-order valence-corrected chi connectivity index (χ4v) is 2.26. The molecule has 0 aliphatic carbocycles. The molecule has 7 heteroatoms. The van der Waals surface area contributed by atoms with E-state index in [-0.39, 0.29) is 30.4 Å². The van der Waals surface area contributed by atoms with Crippen molar-refractivity contribution in [3.8, 4) is 5.75 Å². The summed E-state index contributed by atoms with van der Waals surface area (Å²) in [6.45, 7) is 1.54. The molecule has 2 amide bonds. The molecule has 0 fully saturated rings. The molecule has 0 atom stereocenters. The van der Waals surface area contributed by atoms with E-state index in [0.29, 0.717) is 5.69 Å². The van der Waals surface area contributed by atoms with Gasteiger partial charge in [-0.15, -0.1) is 0 Å². The van der Waals surface area contributed by atoms with Crippen LogP contribution in [0.25, 0.3) is 0 Å². The number of ether oxygens (including phenoxy) is 2. The molecule has 0 heterocycles. The van der Waals surface area contributed by atoms with Gasteiger partial charge in [-0.1, -0.05) is 29.8 Å². The fourth-order valence-electron chi connectivity index (χ4n) is 2.26. The number of anilines is 1. The lowest BCUT2D eigenvalue weighted by molar-refractivity contribution is -0.135. The third-order valence-corrected chi connectivity index (χ3v) is 3.79. The molecule has 0 saturated heterocycles. The van der Waals surface area contributed by atoms with Crippen LogP contribution in [-0.2, 0) is 14.3 Å². The number of benzene rings is 2. The molecule has 142 valence electrons. The van der Waals surface area contributed by atoms with Crippen LogP contribution in [0.15, 0.2) is 48.5 Å². The van der Waals surface area contributed by atoms with E-state index in [9.17, 15) is 14.4 Å². The largest absolute Gasteiger partial charge is 0.483 e. The Morgan fingerprint density at radius 1 is 1.04 bits per heavy atom. The Kier molecular flexibility index (Phi) is 6.93. The van der Waals surface area contributed by atoms with Gasteiger partial charge < -0.3 is 19.7 Å². The van der Waals surface area contributed by atoms with Crippen molar-refractivity contribution in [1.82, 2.24) is 4.90 Å². The van der Waals surface area contributed by atoms with Gasteiger partial charge in [0.2, 0.25) is 5.91 Å². The van der Waals surface area contributed by atoms with E-state index < -0.39 is 11.9 Å². The predicted molar refractivity (Wildman–Crippen MR) is 101 cm³/mol. The zero-order chi connectivity index (χ0) is 19.8. The summed E-state index contributed by atoms with van der Waals surface area (Å²) < 4.78 is 10.1. The van der Waals surface area contributed by atoms with Crippen LogP contribution in [-0.4, -0.2) is 50.0 Å². The summed E-state index contributed by atoms with van der Waals surface area (Å²) in [5.41, 5.74) is 1.98. The number of hydrogen-bond acceptors (Lipinski definition) is 5. The highest BCUT2D eigenvalue weighted by molar-refractivity contribution is 5.95. The van der Waals surface area contributed by atoms with Crippen molar-refractivity contribution in [3.63, 3.8) is 0 Å². The second kappa shape index (κ2) is 9.38. The van der Waals surface area contributed by atoms with E-state index in [4.69, 9.17) is 4.74 Å². The highest BCUT2D eigenvalue weighted by Crippen LogP contribution is 2.18. The van der Waals surface area contributed by atoms with Crippen molar-refractivity contribution in [2.75, 3.05) is 32.6 Å². The van der Waals surface area contributed by atoms with Crippen LogP contribution in [0.1, 0.15) is 15.9 Å². The maximum Gasteiger partial charge on any atom is 0.341 e. The molecule has 2 aromatic carbocycles. The smallest absolute Gasteiger partial charge is 0.341 e. The minimum absolute atomic E-state index is 0.116. The molecule has 0 aliphatic heterocycles. The quantitative estimate of drug-likeness (QED) is 0.756. The molecule has 0 spiro atoms. The number of likely N-dealkylation sites (N-methyl/N-ethyl adjacent to an activating group) is 1. The van der Waals surface area contributed by atoms with Crippen molar-refractivity contribution in [3.05, 3.63) is 59.7 Å². The Morgan fingerprint density at radius 2 is 1.70 bits per heavy atom. The number of esters is 1. The van der Waals surface area contributed by atoms with Crippen LogP contribution in [0.4, 0.5) is 5.69 Å². The zero-order valence-electron chi connectivity index (χ0n) is 15.5. The molecule has 0 unspecified atom stereocenters. The number of hydrogen-bond donors (Lipinski definition) is 1. The van der Waals surface area contributed by atoms with Gasteiger partial charge in [0.1, 0.15) is 11.3 Å². The number of para-hydroxylation sites is 1. The molecule has 0 aliphatic rings. The summed E-state index contributed by atoms with van der Waals surface area (Å²) in [4.78, 5) is 37.2. The number of nitrogens with one attached hydrogen (secondary N) is 1. The average molecular weight is 370 g/mol. The van der Waals surface area contributed by atoms with Crippen molar-refractivity contribution < 1.29 is 23.9 Å². The van der Waals surface area contributed by atoms with Gasteiger partial charge in [-0.2, -0.15) is 0 Å². The first-order valence-corrected chi connectivity index (χ1v) is 8.31. The molecular formula is C20H22N2O5. The molecule has 2 aromatic rings. The number of carbonyl (C=O) groups excluding carboxylic acids is 3. The van der Waals surface area contributed by atoms with Crippen LogP contribution in [0.2, 0.25) is 0 Å². The van der Waals surface area contributed by atoms with E-state index in [0.717, 1.165) is 5.56 Å². The first kappa shape index (κ1) is 20.0. The SMILES string of the molecule is COC(=O)c1ccccc1OCC(=O)N(C)CC(=O)Nc1ccc(C)cc1. The maximum atomic E-state index is 12.2. The number of aryl methyl sites for hydroxylation is 1. The van der Waals surface area contributed by atoms with Crippen LogP contribution >= 0.6 is 0 Å². The predicted octanol–water partition coefficient (Wildman–Crippen LogP) is 2.26. The minimum Gasteiger partial charge on any atom is -0.483 e. The van der Waals surface area contributed by atoms with Crippen LogP contribution < -0.4 is 10.1 Å². The van der Waals surface area contributed by atoms with Crippen molar-refractivity contribution in [2.45, 2.75) is 6.92 Å². The molecular weight excluding hydrogens is 348 g/mol. The van der Waals surface area contributed by atoms with Crippen LogP contribution in [0.5, 0.6) is 5.75 Å². The van der Waals surface area contributed by atoms with Gasteiger partial charge in [0.05, 0.1) is 13.7 Å². The van der Waals surface area contributed by atoms with Gasteiger partial charge >= 0.3 is 5.97 Å². The van der Waals surface area contributed by atoms with E-state index in [2.05, 4.69) is 10.1 Å². The summed E-state index contributed by atoms with van der Waals surface area (Å²) in [5.74, 6) is -1.02. The Labute approximate surface area is 157 Å². The number of carbonyl (C=O) groups is 3. The summed E-state index contributed by atoms with van der Waals surface area (Å²) >= 11 is 0. The van der Waals surface area contributed by atoms with E-state index >= 15 is 0 Å². The van der Waals surface area contributed by atoms with Crippen LogP contribution in [0, 0.1) is 6.92 Å². The maximum absolute atomic E-state index is 12.2.